The summed E-state index contributed by atoms with van der Waals surface area (Å²) in [6.45, 7) is 8.95. The first-order valence-electron chi connectivity index (χ1n) is 5.49. The Hall–Kier alpha value is -0.730. The maximum absolute atomic E-state index is 11.7. The fraction of sp³-hybridized carbons (Fsp3) is 0.909. The van der Waals surface area contributed by atoms with Crippen LogP contribution in [0.15, 0.2) is 0 Å². The molecule has 3 heteroatoms. The second kappa shape index (κ2) is 4.67. The third kappa shape index (κ3) is 2.63. The maximum Gasteiger partial charge on any atom is 0.410 e. The van der Waals surface area contributed by atoms with E-state index in [0.717, 1.165) is 19.4 Å². The molecule has 0 saturated carbocycles. The van der Waals surface area contributed by atoms with Crippen LogP contribution in [0.2, 0.25) is 0 Å². The molecule has 1 rings (SSSR count). The third-order valence-corrected chi connectivity index (χ3v) is 2.64. The number of carbonyl (C=O) groups is 1. The van der Waals surface area contributed by atoms with Gasteiger partial charge in [-0.15, -0.1) is 0 Å². The number of hydrogen-bond donors (Lipinski definition) is 0. The molecule has 0 aromatic heterocycles. The van der Waals surface area contributed by atoms with Crippen molar-refractivity contribution in [1.29, 1.82) is 0 Å². The lowest BCUT2D eigenvalue weighted by molar-refractivity contribution is 0.0672. The summed E-state index contributed by atoms with van der Waals surface area (Å²) in [7, 11) is 0. The van der Waals surface area contributed by atoms with Gasteiger partial charge < -0.3 is 9.64 Å². The van der Waals surface area contributed by atoms with E-state index in [9.17, 15) is 4.79 Å². The van der Waals surface area contributed by atoms with Crippen LogP contribution in [0.1, 0.15) is 40.5 Å². The van der Waals surface area contributed by atoms with E-state index >= 15 is 0 Å². The predicted octanol–water partition coefficient (Wildman–Crippen LogP) is 2.65. The van der Waals surface area contributed by atoms with Crippen molar-refractivity contribution in [3.8, 4) is 0 Å². The van der Waals surface area contributed by atoms with E-state index in [1.165, 1.54) is 0 Å². The Morgan fingerprint density at radius 1 is 1.36 bits per heavy atom. The Morgan fingerprint density at radius 3 is 2.50 bits per heavy atom. The molecule has 0 N–H and O–H groups in total. The van der Waals surface area contributed by atoms with Gasteiger partial charge >= 0.3 is 6.09 Å². The van der Waals surface area contributed by atoms with Gasteiger partial charge in [-0.25, -0.2) is 4.79 Å². The number of amides is 1. The lowest BCUT2D eigenvalue weighted by Gasteiger charge is -2.27. The van der Waals surface area contributed by atoms with Gasteiger partial charge in [-0.2, -0.15) is 0 Å². The van der Waals surface area contributed by atoms with Gasteiger partial charge in [0.15, 0.2) is 0 Å². The van der Waals surface area contributed by atoms with Crippen molar-refractivity contribution in [3.63, 3.8) is 0 Å². The molecule has 1 atom stereocenters. The second-order valence-electron chi connectivity index (χ2n) is 4.58. The third-order valence-electron chi connectivity index (χ3n) is 2.64. The topological polar surface area (TPSA) is 29.5 Å². The molecular weight excluding hydrogens is 178 g/mol. The molecule has 1 amide bonds. The van der Waals surface area contributed by atoms with Crippen LogP contribution < -0.4 is 0 Å². The lowest BCUT2D eigenvalue weighted by atomic mass is 10.0. The van der Waals surface area contributed by atoms with Crippen molar-refractivity contribution in [3.05, 3.63) is 0 Å². The Kier molecular flexibility index (Phi) is 3.78. The van der Waals surface area contributed by atoms with Gasteiger partial charge in [-0.3, -0.25) is 0 Å². The zero-order valence-electron chi connectivity index (χ0n) is 9.62. The van der Waals surface area contributed by atoms with E-state index in [-0.39, 0.29) is 12.2 Å². The van der Waals surface area contributed by atoms with Crippen LogP contribution in [0.25, 0.3) is 0 Å². The van der Waals surface area contributed by atoms with Gasteiger partial charge in [-0.1, -0.05) is 13.8 Å². The van der Waals surface area contributed by atoms with Gasteiger partial charge in [-0.05, 0) is 32.6 Å². The average molecular weight is 199 g/mol. The fourth-order valence-corrected chi connectivity index (χ4v) is 1.98. The zero-order chi connectivity index (χ0) is 10.7. The van der Waals surface area contributed by atoms with Gasteiger partial charge in [0.2, 0.25) is 0 Å². The Bertz CT molecular complexity index is 201. The molecule has 0 aromatic rings. The second-order valence-corrected chi connectivity index (χ2v) is 4.58. The first-order chi connectivity index (χ1) is 6.52. The predicted molar refractivity (Wildman–Crippen MR) is 56.2 cm³/mol. The summed E-state index contributed by atoms with van der Waals surface area (Å²) in [5, 5.41) is 0. The molecular formula is C11H21NO2. The smallest absolute Gasteiger partial charge is 0.410 e. The van der Waals surface area contributed by atoms with Crippen LogP contribution in [-0.4, -0.2) is 29.7 Å². The number of nitrogens with zero attached hydrogens (tertiary/aromatic N) is 1. The molecule has 0 aliphatic carbocycles. The molecule has 1 aliphatic rings. The van der Waals surface area contributed by atoms with Crippen LogP contribution in [-0.2, 0) is 4.74 Å². The maximum atomic E-state index is 11.7. The van der Waals surface area contributed by atoms with Gasteiger partial charge in [0, 0.05) is 12.6 Å². The molecule has 1 unspecified atom stereocenters. The first-order valence-corrected chi connectivity index (χ1v) is 5.49. The van der Waals surface area contributed by atoms with Crippen molar-refractivity contribution >= 4 is 6.09 Å². The highest BCUT2D eigenvalue weighted by molar-refractivity contribution is 5.68. The minimum absolute atomic E-state index is 0.0177. The van der Waals surface area contributed by atoms with Crippen LogP contribution in [0, 0.1) is 5.92 Å². The van der Waals surface area contributed by atoms with Crippen LogP contribution >= 0.6 is 0 Å². The monoisotopic (exact) mass is 199 g/mol. The molecule has 0 aromatic carbocycles. The minimum atomic E-state index is -0.142. The van der Waals surface area contributed by atoms with E-state index < -0.39 is 0 Å². The van der Waals surface area contributed by atoms with Gasteiger partial charge in [0.05, 0.1) is 6.10 Å². The lowest BCUT2D eigenvalue weighted by Crippen LogP contribution is -2.39. The van der Waals surface area contributed by atoms with Crippen LogP contribution in [0.5, 0.6) is 0 Å². The standard InChI is InChI=1S/C11H21NO2/c1-8(2)10-6-5-7-12(10)11(13)14-9(3)4/h8-10H,5-7H2,1-4H3. The highest BCUT2D eigenvalue weighted by atomic mass is 16.6. The molecule has 0 spiro atoms. The van der Waals surface area contributed by atoms with Crippen molar-refractivity contribution in [2.24, 2.45) is 5.92 Å². The van der Waals surface area contributed by atoms with Crippen LogP contribution in [0.4, 0.5) is 4.79 Å². The molecule has 3 nitrogen and oxygen atoms in total. The molecule has 1 heterocycles. The summed E-state index contributed by atoms with van der Waals surface area (Å²) in [5.74, 6) is 0.525. The quantitative estimate of drug-likeness (QED) is 0.684. The summed E-state index contributed by atoms with van der Waals surface area (Å²) < 4.78 is 5.20. The Morgan fingerprint density at radius 2 is 2.00 bits per heavy atom. The van der Waals surface area contributed by atoms with Crippen molar-refractivity contribution in [1.82, 2.24) is 4.90 Å². The summed E-state index contributed by atoms with van der Waals surface area (Å²) in [6.07, 6.45) is 2.06. The average Bonchev–Trinajstić information content (AvgIpc) is 2.49. The summed E-state index contributed by atoms with van der Waals surface area (Å²) in [6, 6.07) is 0.376. The molecule has 0 bridgehead atoms. The van der Waals surface area contributed by atoms with E-state index in [1.807, 2.05) is 18.7 Å². The summed E-state index contributed by atoms with van der Waals surface area (Å²) in [5.41, 5.74) is 0. The minimum Gasteiger partial charge on any atom is -0.447 e. The largest absolute Gasteiger partial charge is 0.447 e. The molecule has 1 fully saturated rings. The SMILES string of the molecule is CC(C)OC(=O)N1CCCC1C(C)C. The molecule has 1 aliphatic heterocycles. The highest BCUT2D eigenvalue weighted by Gasteiger charge is 2.31. The van der Waals surface area contributed by atoms with E-state index in [2.05, 4.69) is 13.8 Å². The number of hydrogen-bond acceptors (Lipinski definition) is 2. The first kappa shape index (κ1) is 11.3. The van der Waals surface area contributed by atoms with E-state index in [4.69, 9.17) is 4.74 Å². The van der Waals surface area contributed by atoms with Gasteiger partial charge in [0.25, 0.3) is 0 Å². The fourth-order valence-electron chi connectivity index (χ4n) is 1.98. The molecule has 1 saturated heterocycles. The van der Waals surface area contributed by atoms with E-state index in [0.29, 0.717) is 12.0 Å². The molecule has 14 heavy (non-hydrogen) atoms. The highest BCUT2D eigenvalue weighted by Crippen LogP contribution is 2.24. The normalized spacial score (nSPS) is 22.1. The number of rotatable bonds is 2. The van der Waals surface area contributed by atoms with Gasteiger partial charge in [0.1, 0.15) is 0 Å². The number of carbonyl (C=O) groups excluding carboxylic acids is 1. The number of likely N-dealkylation sites (tertiary alicyclic amines) is 1. The van der Waals surface area contributed by atoms with Crippen molar-refractivity contribution in [2.75, 3.05) is 6.54 Å². The summed E-state index contributed by atoms with van der Waals surface area (Å²) in [4.78, 5) is 13.6. The van der Waals surface area contributed by atoms with Crippen molar-refractivity contribution < 1.29 is 9.53 Å². The summed E-state index contributed by atoms with van der Waals surface area (Å²) >= 11 is 0. The zero-order valence-corrected chi connectivity index (χ0v) is 9.62. The van der Waals surface area contributed by atoms with Crippen LogP contribution in [0.3, 0.4) is 0 Å². The van der Waals surface area contributed by atoms with E-state index in [1.54, 1.807) is 0 Å². The molecule has 82 valence electrons. The molecule has 0 radical (unpaired) electrons. The number of ether oxygens (including phenoxy) is 1. The van der Waals surface area contributed by atoms with Crippen molar-refractivity contribution in [2.45, 2.75) is 52.7 Å². The Balaban J connectivity index is 2.53. The Labute approximate surface area is 86.4 Å².